The maximum atomic E-state index is 14.8. The van der Waals surface area contributed by atoms with Gasteiger partial charge in [-0.2, -0.15) is 0 Å². The topological polar surface area (TPSA) is 82.6 Å². The zero-order chi connectivity index (χ0) is 29.3. The Morgan fingerprint density at radius 3 is 2.10 bits per heavy atom. The molecule has 1 N–H and O–H groups in total. The van der Waals surface area contributed by atoms with Gasteiger partial charge in [-0.05, 0) is 78.2 Å². The number of pyridine rings is 1. The summed E-state index contributed by atoms with van der Waals surface area (Å²) in [7, 11) is -3.83. The third kappa shape index (κ3) is 6.70. The summed E-state index contributed by atoms with van der Waals surface area (Å²) < 4.78 is 42.0. The third-order valence-corrected chi connectivity index (χ3v) is 8.60. The van der Waals surface area contributed by atoms with Crippen molar-refractivity contribution in [1.82, 2.24) is 9.88 Å². The van der Waals surface area contributed by atoms with E-state index in [1.807, 2.05) is 55.5 Å². The highest BCUT2D eigenvalue weighted by Crippen LogP contribution is 2.37. The van der Waals surface area contributed by atoms with Crippen LogP contribution in [0.3, 0.4) is 0 Å². The first-order chi connectivity index (χ1) is 19.5. The van der Waals surface area contributed by atoms with Gasteiger partial charge < -0.3 is 5.32 Å². The molecule has 1 amide bonds. The van der Waals surface area contributed by atoms with Gasteiger partial charge in [-0.25, -0.2) is 17.8 Å². The second-order valence-electron chi connectivity index (χ2n) is 10.0. The number of rotatable bonds is 8. The summed E-state index contributed by atoms with van der Waals surface area (Å²) in [6, 6.07) is 21.4. The van der Waals surface area contributed by atoms with E-state index in [0.717, 1.165) is 35.1 Å². The number of aromatic nitrogens is 1. The molecule has 41 heavy (non-hydrogen) atoms. The van der Waals surface area contributed by atoms with E-state index < -0.39 is 27.8 Å². The zero-order valence-electron chi connectivity index (χ0n) is 22.3. The van der Waals surface area contributed by atoms with Crippen LogP contribution in [-0.2, 0) is 10.0 Å². The summed E-state index contributed by atoms with van der Waals surface area (Å²) in [4.78, 5) is 19.2. The minimum absolute atomic E-state index is 0.0201. The van der Waals surface area contributed by atoms with Crippen molar-refractivity contribution in [3.05, 3.63) is 123 Å². The molecule has 1 aromatic heterocycles. The quantitative estimate of drug-likeness (QED) is 0.251. The van der Waals surface area contributed by atoms with Crippen LogP contribution in [0.4, 0.5) is 15.9 Å². The van der Waals surface area contributed by atoms with Crippen molar-refractivity contribution in [1.29, 1.82) is 0 Å². The van der Waals surface area contributed by atoms with Gasteiger partial charge >= 0.3 is 0 Å². The number of hydrogen-bond donors (Lipinski definition) is 1. The molecule has 4 aromatic rings. The molecule has 0 bridgehead atoms. The molecule has 7 nitrogen and oxygen atoms in total. The number of aryl methyl sites for hydroxylation is 1. The Bertz CT molecular complexity index is 1630. The number of sulfonamides is 1. The number of carbonyl (C=O) groups is 1. The van der Waals surface area contributed by atoms with Gasteiger partial charge in [0.05, 0.1) is 24.0 Å². The number of carbonyl (C=O) groups excluding carboxylic acids is 1. The molecule has 3 aromatic carbocycles. The number of hydrogen-bond acceptors (Lipinski definition) is 5. The molecule has 1 aliphatic rings. The van der Waals surface area contributed by atoms with E-state index in [1.165, 1.54) is 10.4 Å². The minimum Gasteiger partial charge on any atom is -0.307 e. The monoisotopic (exact) mass is 612 g/mol. The molecule has 5 rings (SSSR count). The maximum absolute atomic E-state index is 14.8. The Hall–Kier alpha value is -3.50. The summed E-state index contributed by atoms with van der Waals surface area (Å²) in [5.74, 6) is -1.01. The van der Waals surface area contributed by atoms with E-state index in [1.54, 1.807) is 18.3 Å². The average Bonchev–Trinajstić information content (AvgIpc) is 2.88. The van der Waals surface area contributed by atoms with E-state index in [2.05, 4.69) is 15.2 Å². The first kappa shape index (κ1) is 29.0. The molecular formula is C30H27Cl2FN4O3S. The highest BCUT2D eigenvalue weighted by Gasteiger charge is 2.41. The molecule has 0 aliphatic carbocycles. The minimum atomic E-state index is -3.83. The first-order valence-corrected chi connectivity index (χ1v) is 15.4. The van der Waals surface area contributed by atoms with Crippen LogP contribution >= 0.6 is 23.2 Å². The normalized spacial score (nSPS) is 14.1. The molecule has 1 saturated heterocycles. The number of benzene rings is 3. The van der Waals surface area contributed by atoms with Crippen molar-refractivity contribution in [3.63, 3.8) is 0 Å². The molecule has 0 atom stereocenters. The summed E-state index contributed by atoms with van der Waals surface area (Å²) in [5.41, 5.74) is 2.91. The Morgan fingerprint density at radius 2 is 1.56 bits per heavy atom. The van der Waals surface area contributed by atoms with E-state index in [-0.39, 0.29) is 17.3 Å². The maximum Gasteiger partial charge on any atom is 0.256 e. The van der Waals surface area contributed by atoms with Crippen molar-refractivity contribution >= 4 is 50.6 Å². The number of amides is 1. The van der Waals surface area contributed by atoms with E-state index >= 15 is 0 Å². The highest BCUT2D eigenvalue weighted by atomic mass is 35.5. The van der Waals surface area contributed by atoms with Crippen LogP contribution in [0, 0.1) is 12.7 Å². The molecule has 1 fully saturated rings. The Morgan fingerprint density at radius 1 is 0.976 bits per heavy atom. The second kappa shape index (κ2) is 11.8. The van der Waals surface area contributed by atoms with Crippen LogP contribution in [-0.4, -0.2) is 49.6 Å². The SMILES string of the molecule is Cc1ccnc(NC(=O)c2cc(F)cc(N(C3CN(C(c4ccc(Cl)cc4)c4ccc(Cl)cc4)C3)S(C)(=O)=O)c2)c1. The van der Waals surface area contributed by atoms with Crippen molar-refractivity contribution < 1.29 is 17.6 Å². The number of likely N-dealkylation sites (tertiary alicyclic amines) is 1. The Labute approximate surface area is 248 Å². The van der Waals surface area contributed by atoms with Gasteiger partial charge in [-0.15, -0.1) is 0 Å². The predicted octanol–water partition coefficient (Wildman–Crippen LogP) is 6.33. The van der Waals surface area contributed by atoms with Crippen molar-refractivity contribution in [2.45, 2.75) is 19.0 Å². The molecule has 0 radical (unpaired) electrons. The lowest BCUT2D eigenvalue weighted by atomic mass is 9.93. The second-order valence-corrected chi connectivity index (χ2v) is 12.8. The summed E-state index contributed by atoms with van der Waals surface area (Å²) in [5, 5.41) is 3.86. The summed E-state index contributed by atoms with van der Waals surface area (Å²) >= 11 is 12.3. The fourth-order valence-electron chi connectivity index (χ4n) is 5.05. The largest absolute Gasteiger partial charge is 0.307 e. The van der Waals surface area contributed by atoms with Crippen molar-refractivity contribution in [2.24, 2.45) is 0 Å². The van der Waals surface area contributed by atoms with E-state index in [4.69, 9.17) is 23.2 Å². The lowest BCUT2D eigenvalue weighted by molar-refractivity contribution is 0.102. The number of halogens is 3. The van der Waals surface area contributed by atoms with Crippen LogP contribution < -0.4 is 9.62 Å². The van der Waals surface area contributed by atoms with E-state index in [9.17, 15) is 17.6 Å². The molecule has 0 spiro atoms. The first-order valence-electron chi connectivity index (χ1n) is 12.8. The van der Waals surface area contributed by atoms with Gasteiger partial charge in [-0.1, -0.05) is 47.5 Å². The highest BCUT2D eigenvalue weighted by molar-refractivity contribution is 7.92. The van der Waals surface area contributed by atoms with E-state index in [0.29, 0.717) is 29.0 Å². The number of nitrogens with one attached hydrogen (secondary N) is 1. The van der Waals surface area contributed by atoms with Gasteiger partial charge in [0.1, 0.15) is 11.6 Å². The van der Waals surface area contributed by atoms with Crippen LogP contribution in [0.1, 0.15) is 33.1 Å². The van der Waals surface area contributed by atoms with Gasteiger partial charge in [0.15, 0.2) is 0 Å². The van der Waals surface area contributed by atoms with Crippen LogP contribution in [0.5, 0.6) is 0 Å². The smallest absolute Gasteiger partial charge is 0.256 e. The van der Waals surface area contributed by atoms with Crippen molar-refractivity contribution in [3.8, 4) is 0 Å². The Balaban J connectivity index is 1.42. The Kier molecular flexibility index (Phi) is 8.33. The average molecular weight is 614 g/mol. The van der Waals surface area contributed by atoms with Gasteiger partial charge in [0.25, 0.3) is 5.91 Å². The van der Waals surface area contributed by atoms with Crippen LogP contribution in [0.15, 0.2) is 85.1 Å². The third-order valence-electron chi connectivity index (χ3n) is 6.87. The fraction of sp³-hybridized carbons (Fsp3) is 0.200. The van der Waals surface area contributed by atoms with Crippen molar-refractivity contribution in [2.75, 3.05) is 29.0 Å². The molecular weight excluding hydrogens is 586 g/mol. The summed E-state index contributed by atoms with van der Waals surface area (Å²) in [6.07, 6.45) is 2.63. The fourth-order valence-corrected chi connectivity index (χ4v) is 6.47. The molecule has 11 heteroatoms. The lowest BCUT2D eigenvalue weighted by Gasteiger charge is -2.48. The summed E-state index contributed by atoms with van der Waals surface area (Å²) in [6.45, 7) is 2.59. The number of anilines is 2. The van der Waals surface area contributed by atoms with Crippen LogP contribution in [0.25, 0.3) is 0 Å². The molecule has 0 unspecified atom stereocenters. The standard InChI is InChI=1S/C30H27Cl2FN4O3S/c1-19-11-12-34-28(13-19)35-30(38)22-14-25(33)16-26(15-22)37(41(2,39)40)27-17-36(18-27)29(20-3-7-23(31)8-4-20)21-5-9-24(32)10-6-21/h3-16,27,29H,17-18H2,1-2H3,(H,34,35,38). The molecule has 1 aliphatic heterocycles. The van der Waals surface area contributed by atoms with Gasteiger partial charge in [0.2, 0.25) is 10.0 Å². The van der Waals surface area contributed by atoms with Gasteiger partial charge in [-0.3, -0.25) is 14.0 Å². The lowest BCUT2D eigenvalue weighted by Crippen LogP contribution is -2.61. The molecule has 212 valence electrons. The molecule has 2 heterocycles. The predicted molar refractivity (Wildman–Crippen MR) is 161 cm³/mol. The number of nitrogens with zero attached hydrogens (tertiary/aromatic N) is 3. The zero-order valence-corrected chi connectivity index (χ0v) is 24.6. The van der Waals surface area contributed by atoms with Crippen LogP contribution in [0.2, 0.25) is 10.0 Å². The van der Waals surface area contributed by atoms with Gasteiger partial charge in [0, 0.05) is 34.9 Å². The molecule has 0 saturated carbocycles.